The smallest absolute Gasteiger partial charge is 0.134 e. The largest absolute Gasteiger partial charge is 0.459 e. The number of furan rings is 1. The van der Waals surface area contributed by atoms with Gasteiger partial charge < -0.3 is 15.3 Å². The van der Waals surface area contributed by atoms with E-state index in [9.17, 15) is 5.11 Å². The Morgan fingerprint density at radius 2 is 2.00 bits per heavy atom. The molecule has 0 unspecified atom stereocenters. The summed E-state index contributed by atoms with van der Waals surface area (Å²) in [6.07, 6.45) is -0.422. The fourth-order valence-corrected chi connectivity index (χ4v) is 2.60. The van der Waals surface area contributed by atoms with Crippen LogP contribution in [0.3, 0.4) is 0 Å². The van der Waals surface area contributed by atoms with Crippen molar-refractivity contribution in [3.8, 4) is 0 Å². The van der Waals surface area contributed by atoms with Gasteiger partial charge in [-0.2, -0.15) is 0 Å². The zero-order chi connectivity index (χ0) is 12.7. The van der Waals surface area contributed by atoms with Gasteiger partial charge in [0.05, 0.1) is 12.6 Å². The summed E-state index contributed by atoms with van der Waals surface area (Å²) in [6.45, 7) is 4.13. The standard InChI is InChI=1S/C14H18N2O2.2ClH/c1-9-10-4-2-3-5-13(10)18-14(9)8-16-6-11(15)12(17)7-16;;/h2-5,11-12,17H,6-8,15H2,1H3;2*1H/t11-,12-;;/m1../s1. The van der Waals surface area contributed by atoms with Crippen LogP contribution in [0.25, 0.3) is 11.0 Å². The third-order valence-corrected chi connectivity index (χ3v) is 3.72. The summed E-state index contributed by atoms with van der Waals surface area (Å²) in [5, 5.41) is 10.8. The van der Waals surface area contributed by atoms with E-state index in [0.717, 1.165) is 23.3 Å². The van der Waals surface area contributed by atoms with Gasteiger partial charge in [0.2, 0.25) is 0 Å². The molecule has 1 aliphatic rings. The first-order chi connectivity index (χ1) is 8.65. The molecule has 0 saturated carbocycles. The highest BCUT2D eigenvalue weighted by Gasteiger charge is 2.29. The highest BCUT2D eigenvalue weighted by atomic mass is 35.5. The van der Waals surface area contributed by atoms with Gasteiger partial charge in [-0.15, -0.1) is 24.8 Å². The minimum atomic E-state index is -0.422. The van der Waals surface area contributed by atoms with Crippen molar-refractivity contribution < 1.29 is 9.52 Å². The Hall–Kier alpha value is -0.780. The molecule has 0 bridgehead atoms. The van der Waals surface area contributed by atoms with E-state index in [0.29, 0.717) is 13.1 Å². The van der Waals surface area contributed by atoms with E-state index >= 15 is 0 Å². The van der Waals surface area contributed by atoms with Crippen LogP contribution < -0.4 is 5.73 Å². The Balaban J connectivity index is 0.000001000. The summed E-state index contributed by atoms with van der Waals surface area (Å²) >= 11 is 0. The van der Waals surface area contributed by atoms with Gasteiger partial charge in [0.15, 0.2) is 0 Å². The first-order valence-electron chi connectivity index (χ1n) is 6.28. The summed E-state index contributed by atoms with van der Waals surface area (Å²) in [5.41, 5.74) is 7.92. The van der Waals surface area contributed by atoms with Gasteiger partial charge >= 0.3 is 0 Å². The number of aryl methyl sites for hydroxylation is 1. The van der Waals surface area contributed by atoms with Crippen LogP contribution in [0.5, 0.6) is 0 Å². The van der Waals surface area contributed by atoms with Crippen molar-refractivity contribution in [2.75, 3.05) is 13.1 Å². The normalized spacial score (nSPS) is 22.6. The number of β-amino-alcohol motifs (C(OH)–C–C–N with tert-alkyl or cyclic N) is 1. The van der Waals surface area contributed by atoms with Crippen LogP contribution in [0.2, 0.25) is 0 Å². The summed E-state index contributed by atoms with van der Waals surface area (Å²) in [5.74, 6) is 0.970. The molecule has 112 valence electrons. The number of benzene rings is 1. The molecule has 3 rings (SSSR count). The number of nitrogens with zero attached hydrogens (tertiary/aromatic N) is 1. The molecule has 20 heavy (non-hydrogen) atoms. The van der Waals surface area contributed by atoms with Crippen LogP contribution in [0.4, 0.5) is 0 Å². The van der Waals surface area contributed by atoms with E-state index in [1.165, 1.54) is 5.56 Å². The van der Waals surface area contributed by atoms with E-state index in [4.69, 9.17) is 10.2 Å². The quantitative estimate of drug-likeness (QED) is 0.890. The van der Waals surface area contributed by atoms with Crippen molar-refractivity contribution in [3.05, 3.63) is 35.6 Å². The Bertz CT molecular complexity index is 563. The van der Waals surface area contributed by atoms with Crippen LogP contribution in [-0.4, -0.2) is 35.2 Å². The number of aliphatic hydroxyl groups excluding tert-OH is 1. The average Bonchev–Trinajstić information content (AvgIpc) is 2.83. The van der Waals surface area contributed by atoms with Gasteiger partial charge in [-0.1, -0.05) is 18.2 Å². The van der Waals surface area contributed by atoms with Gasteiger partial charge in [0.25, 0.3) is 0 Å². The second-order valence-electron chi connectivity index (χ2n) is 5.07. The molecule has 2 heterocycles. The Labute approximate surface area is 130 Å². The van der Waals surface area contributed by atoms with Crippen LogP contribution in [0.15, 0.2) is 28.7 Å². The van der Waals surface area contributed by atoms with E-state index < -0.39 is 6.10 Å². The van der Waals surface area contributed by atoms with Crippen LogP contribution >= 0.6 is 24.8 Å². The topological polar surface area (TPSA) is 62.6 Å². The number of rotatable bonds is 2. The van der Waals surface area contributed by atoms with E-state index in [1.54, 1.807) is 0 Å². The minimum Gasteiger partial charge on any atom is -0.459 e. The summed E-state index contributed by atoms with van der Waals surface area (Å²) in [6, 6.07) is 7.91. The van der Waals surface area contributed by atoms with Crippen molar-refractivity contribution >= 4 is 35.8 Å². The lowest BCUT2D eigenvalue weighted by Crippen LogP contribution is -2.32. The first-order valence-corrected chi connectivity index (χ1v) is 6.28. The third-order valence-electron chi connectivity index (χ3n) is 3.72. The molecule has 1 aromatic heterocycles. The minimum absolute atomic E-state index is 0. The van der Waals surface area contributed by atoms with Crippen molar-refractivity contribution in [1.29, 1.82) is 0 Å². The molecule has 0 amide bonds. The maximum Gasteiger partial charge on any atom is 0.134 e. The summed E-state index contributed by atoms with van der Waals surface area (Å²) in [7, 11) is 0. The number of halogens is 2. The molecule has 1 aromatic carbocycles. The predicted octanol–water partition coefficient (Wildman–Crippen LogP) is 2.09. The van der Waals surface area contributed by atoms with Crippen LogP contribution in [0, 0.1) is 6.92 Å². The van der Waals surface area contributed by atoms with Crippen molar-refractivity contribution in [2.24, 2.45) is 5.73 Å². The number of para-hydroxylation sites is 1. The molecule has 0 radical (unpaired) electrons. The first kappa shape index (κ1) is 17.3. The molecule has 0 aliphatic carbocycles. The third kappa shape index (κ3) is 3.10. The van der Waals surface area contributed by atoms with Crippen molar-refractivity contribution in [2.45, 2.75) is 25.6 Å². The SMILES string of the molecule is Cc1c(CN2C[C@@H](N)[C@H](O)C2)oc2ccccc12.Cl.Cl. The van der Waals surface area contributed by atoms with Crippen LogP contribution in [0.1, 0.15) is 11.3 Å². The van der Waals surface area contributed by atoms with E-state index in [1.807, 2.05) is 18.2 Å². The average molecular weight is 319 g/mol. The number of hydrogen-bond acceptors (Lipinski definition) is 4. The van der Waals surface area contributed by atoms with Gasteiger partial charge in [0, 0.05) is 24.5 Å². The second-order valence-corrected chi connectivity index (χ2v) is 5.07. The molecular formula is C14H20Cl2N2O2. The number of hydrogen-bond donors (Lipinski definition) is 2. The van der Waals surface area contributed by atoms with Gasteiger partial charge in [0.1, 0.15) is 11.3 Å². The Kier molecular flexibility index (Phi) is 5.86. The number of aliphatic hydroxyl groups is 1. The molecule has 2 aromatic rings. The molecule has 3 N–H and O–H groups in total. The lowest BCUT2D eigenvalue weighted by molar-refractivity contribution is 0.162. The lowest BCUT2D eigenvalue weighted by atomic mass is 10.1. The predicted molar refractivity (Wildman–Crippen MR) is 84.7 cm³/mol. The molecule has 1 fully saturated rings. The van der Waals surface area contributed by atoms with E-state index in [2.05, 4.69) is 17.9 Å². The monoisotopic (exact) mass is 318 g/mol. The maximum atomic E-state index is 9.66. The zero-order valence-electron chi connectivity index (χ0n) is 11.3. The Morgan fingerprint density at radius 3 is 2.60 bits per heavy atom. The molecule has 0 spiro atoms. The molecule has 1 saturated heterocycles. The van der Waals surface area contributed by atoms with E-state index in [-0.39, 0.29) is 30.9 Å². The molecule has 4 nitrogen and oxygen atoms in total. The number of likely N-dealkylation sites (tertiary alicyclic amines) is 1. The van der Waals surface area contributed by atoms with Gasteiger partial charge in [-0.05, 0) is 18.6 Å². The van der Waals surface area contributed by atoms with Crippen LogP contribution in [-0.2, 0) is 6.54 Å². The molecule has 6 heteroatoms. The highest BCUT2D eigenvalue weighted by Crippen LogP contribution is 2.26. The van der Waals surface area contributed by atoms with Crippen molar-refractivity contribution in [1.82, 2.24) is 4.90 Å². The number of fused-ring (bicyclic) bond motifs is 1. The maximum absolute atomic E-state index is 9.66. The number of nitrogens with two attached hydrogens (primary N) is 1. The van der Waals surface area contributed by atoms with Gasteiger partial charge in [-0.3, -0.25) is 4.90 Å². The van der Waals surface area contributed by atoms with Gasteiger partial charge in [-0.25, -0.2) is 0 Å². The fraction of sp³-hybridized carbons (Fsp3) is 0.429. The zero-order valence-corrected chi connectivity index (χ0v) is 12.9. The fourth-order valence-electron chi connectivity index (χ4n) is 2.60. The highest BCUT2D eigenvalue weighted by molar-refractivity contribution is 5.85. The Morgan fingerprint density at radius 1 is 1.30 bits per heavy atom. The second kappa shape index (κ2) is 6.78. The molecule has 2 atom stereocenters. The lowest BCUT2D eigenvalue weighted by Gasteiger charge is -2.13. The molecular weight excluding hydrogens is 299 g/mol. The van der Waals surface area contributed by atoms with Crippen molar-refractivity contribution in [3.63, 3.8) is 0 Å². The summed E-state index contributed by atoms with van der Waals surface area (Å²) in [4.78, 5) is 2.14. The molecule has 1 aliphatic heterocycles. The summed E-state index contributed by atoms with van der Waals surface area (Å²) < 4.78 is 5.87.